The van der Waals surface area contributed by atoms with Crippen LogP contribution in [0.25, 0.3) is 0 Å². The summed E-state index contributed by atoms with van der Waals surface area (Å²) in [6, 6.07) is 4.18. The topological polar surface area (TPSA) is 102 Å². The van der Waals surface area contributed by atoms with Crippen molar-refractivity contribution in [2.75, 3.05) is 20.3 Å². The molecule has 0 saturated carbocycles. The highest BCUT2D eigenvalue weighted by Crippen LogP contribution is 2.24. The van der Waals surface area contributed by atoms with Crippen LogP contribution in [0.15, 0.2) is 18.2 Å². The molecule has 3 amide bonds. The first-order valence-corrected chi connectivity index (χ1v) is 9.07. The second-order valence-corrected chi connectivity index (χ2v) is 7.66. The van der Waals surface area contributed by atoms with Gasteiger partial charge in [0.15, 0.2) is 6.10 Å². The number of amides is 3. The second kappa shape index (κ2) is 8.52. The fourth-order valence-corrected chi connectivity index (χ4v) is 2.74. The van der Waals surface area contributed by atoms with Gasteiger partial charge in [-0.15, -0.1) is 0 Å². The van der Waals surface area contributed by atoms with E-state index < -0.39 is 35.3 Å². The predicted octanol–water partition coefficient (Wildman–Crippen LogP) is 1.78. The summed E-state index contributed by atoms with van der Waals surface area (Å²) in [7, 11) is 1.54. The fourth-order valence-electron chi connectivity index (χ4n) is 2.74. The van der Waals surface area contributed by atoms with Crippen molar-refractivity contribution in [1.29, 1.82) is 0 Å². The summed E-state index contributed by atoms with van der Waals surface area (Å²) in [5.74, 6) is -2.01. The predicted molar refractivity (Wildman–Crippen MR) is 101 cm³/mol. The van der Waals surface area contributed by atoms with Crippen LogP contribution in [-0.4, -0.2) is 60.5 Å². The van der Waals surface area contributed by atoms with Gasteiger partial charge >= 0.3 is 5.97 Å². The maximum Gasteiger partial charge on any atom is 0.338 e. The number of fused-ring (bicyclic) bond motifs is 1. The molecule has 0 aliphatic carbocycles. The molecule has 1 atom stereocenters. The number of nitrogens with one attached hydrogen (secondary N) is 1. The second-order valence-electron chi connectivity index (χ2n) is 7.66. The summed E-state index contributed by atoms with van der Waals surface area (Å²) < 4.78 is 10.1. The van der Waals surface area contributed by atoms with E-state index in [1.807, 2.05) is 20.8 Å². The molecule has 1 aromatic rings. The van der Waals surface area contributed by atoms with Gasteiger partial charge < -0.3 is 14.8 Å². The van der Waals surface area contributed by atoms with Gasteiger partial charge in [0.25, 0.3) is 17.7 Å². The van der Waals surface area contributed by atoms with Crippen molar-refractivity contribution in [1.82, 2.24) is 10.2 Å². The van der Waals surface area contributed by atoms with Crippen molar-refractivity contribution in [3.8, 4) is 0 Å². The van der Waals surface area contributed by atoms with Gasteiger partial charge in [0, 0.05) is 25.8 Å². The number of hydrogen-bond donors (Lipinski definition) is 1. The van der Waals surface area contributed by atoms with Crippen LogP contribution in [-0.2, 0) is 14.3 Å². The Hall–Kier alpha value is -2.74. The molecule has 28 heavy (non-hydrogen) atoms. The number of rotatable bonds is 7. The Morgan fingerprint density at radius 2 is 1.79 bits per heavy atom. The fraction of sp³-hybridized carbons (Fsp3) is 0.500. The molecule has 0 radical (unpaired) electrons. The summed E-state index contributed by atoms with van der Waals surface area (Å²) >= 11 is 0. The molecule has 0 aromatic heterocycles. The SMILES string of the molecule is COCCCN1C(=O)c2ccc(C(=O)O[C@@H](C)C(=O)NC(C)(C)C)cc2C1=O. The molecule has 2 rings (SSSR count). The number of benzene rings is 1. The number of hydrogen-bond acceptors (Lipinski definition) is 6. The van der Waals surface area contributed by atoms with E-state index in [9.17, 15) is 19.2 Å². The first kappa shape index (κ1) is 21.6. The Morgan fingerprint density at radius 1 is 1.14 bits per heavy atom. The molecule has 1 aliphatic heterocycles. The van der Waals surface area contributed by atoms with Crippen LogP contribution in [0.5, 0.6) is 0 Å². The largest absolute Gasteiger partial charge is 0.449 e. The number of ether oxygens (including phenoxy) is 2. The first-order chi connectivity index (χ1) is 13.0. The number of carbonyl (C=O) groups excluding carboxylic acids is 4. The lowest BCUT2D eigenvalue weighted by molar-refractivity contribution is -0.130. The maximum absolute atomic E-state index is 12.5. The zero-order valence-electron chi connectivity index (χ0n) is 16.8. The average molecular weight is 390 g/mol. The van der Waals surface area contributed by atoms with E-state index >= 15 is 0 Å². The van der Waals surface area contributed by atoms with Gasteiger partial charge in [0.05, 0.1) is 16.7 Å². The summed E-state index contributed by atoms with van der Waals surface area (Å²) in [4.78, 5) is 50.5. The highest BCUT2D eigenvalue weighted by atomic mass is 16.5. The van der Waals surface area contributed by atoms with Gasteiger partial charge in [-0.2, -0.15) is 0 Å². The van der Waals surface area contributed by atoms with Gasteiger partial charge in [0.1, 0.15) is 0 Å². The van der Waals surface area contributed by atoms with Crippen molar-refractivity contribution in [2.24, 2.45) is 0 Å². The third-order valence-electron chi connectivity index (χ3n) is 4.09. The van der Waals surface area contributed by atoms with Gasteiger partial charge in [-0.05, 0) is 52.3 Å². The molecule has 0 fully saturated rings. The molecule has 0 bridgehead atoms. The van der Waals surface area contributed by atoms with Crippen molar-refractivity contribution < 1.29 is 28.7 Å². The number of carbonyl (C=O) groups is 4. The van der Waals surface area contributed by atoms with E-state index in [4.69, 9.17) is 9.47 Å². The number of imide groups is 1. The summed E-state index contributed by atoms with van der Waals surface area (Å²) in [6.07, 6.45) is -0.472. The first-order valence-electron chi connectivity index (χ1n) is 9.07. The molecule has 0 unspecified atom stereocenters. The average Bonchev–Trinajstić information content (AvgIpc) is 2.84. The number of esters is 1. The van der Waals surface area contributed by atoms with Crippen LogP contribution in [0, 0.1) is 0 Å². The maximum atomic E-state index is 12.5. The van der Waals surface area contributed by atoms with E-state index in [-0.39, 0.29) is 23.2 Å². The minimum atomic E-state index is -0.997. The molecule has 1 aliphatic rings. The summed E-state index contributed by atoms with van der Waals surface area (Å²) in [5, 5.41) is 2.73. The third-order valence-corrected chi connectivity index (χ3v) is 4.09. The van der Waals surface area contributed by atoms with Crippen LogP contribution < -0.4 is 5.32 Å². The molecule has 8 heteroatoms. The van der Waals surface area contributed by atoms with Crippen LogP contribution >= 0.6 is 0 Å². The Kier molecular flexibility index (Phi) is 6.56. The molecule has 0 saturated heterocycles. The van der Waals surface area contributed by atoms with Gasteiger partial charge in [-0.3, -0.25) is 19.3 Å². The highest BCUT2D eigenvalue weighted by molar-refractivity contribution is 6.22. The van der Waals surface area contributed by atoms with Crippen LogP contribution in [0.2, 0.25) is 0 Å². The summed E-state index contributed by atoms with van der Waals surface area (Å²) in [5.41, 5.74) is 0.0555. The third kappa shape index (κ3) is 4.95. The molecule has 1 N–H and O–H groups in total. The molecule has 152 valence electrons. The highest BCUT2D eigenvalue weighted by Gasteiger charge is 2.36. The van der Waals surface area contributed by atoms with Crippen LogP contribution in [0.3, 0.4) is 0 Å². The van der Waals surface area contributed by atoms with E-state index in [0.29, 0.717) is 13.0 Å². The van der Waals surface area contributed by atoms with Crippen molar-refractivity contribution in [3.05, 3.63) is 34.9 Å². The Morgan fingerprint density at radius 3 is 2.39 bits per heavy atom. The smallest absolute Gasteiger partial charge is 0.338 e. The van der Waals surface area contributed by atoms with Crippen LogP contribution in [0.1, 0.15) is 65.2 Å². The molecule has 0 spiro atoms. The van der Waals surface area contributed by atoms with E-state index in [1.165, 1.54) is 25.1 Å². The van der Waals surface area contributed by atoms with Gasteiger partial charge in [-0.25, -0.2) is 4.79 Å². The van der Waals surface area contributed by atoms with Crippen molar-refractivity contribution >= 4 is 23.7 Å². The monoisotopic (exact) mass is 390 g/mol. The van der Waals surface area contributed by atoms with Gasteiger partial charge in [-0.1, -0.05) is 0 Å². The lowest BCUT2D eigenvalue weighted by atomic mass is 10.1. The van der Waals surface area contributed by atoms with E-state index in [1.54, 1.807) is 7.11 Å². The Labute approximate surface area is 164 Å². The number of methoxy groups -OCH3 is 1. The van der Waals surface area contributed by atoms with E-state index in [0.717, 1.165) is 4.90 Å². The van der Waals surface area contributed by atoms with Crippen molar-refractivity contribution in [3.63, 3.8) is 0 Å². The van der Waals surface area contributed by atoms with Crippen molar-refractivity contribution in [2.45, 2.75) is 45.8 Å². The van der Waals surface area contributed by atoms with E-state index in [2.05, 4.69) is 5.32 Å². The lowest BCUT2D eigenvalue weighted by Crippen LogP contribution is -2.46. The Balaban J connectivity index is 2.10. The zero-order valence-corrected chi connectivity index (χ0v) is 16.8. The lowest BCUT2D eigenvalue weighted by Gasteiger charge is -2.23. The normalized spacial score (nSPS) is 14.7. The molecular formula is C20H26N2O6. The molecule has 8 nitrogen and oxygen atoms in total. The zero-order chi connectivity index (χ0) is 21.1. The Bertz CT molecular complexity index is 796. The quantitative estimate of drug-likeness (QED) is 0.433. The van der Waals surface area contributed by atoms with Gasteiger partial charge in [0.2, 0.25) is 0 Å². The summed E-state index contributed by atoms with van der Waals surface area (Å²) in [6.45, 7) is 7.60. The molecule has 1 heterocycles. The molecular weight excluding hydrogens is 364 g/mol. The standard InChI is InChI=1S/C20H26N2O6/c1-12(16(23)21-20(2,3)4)28-19(26)13-7-8-14-15(11-13)18(25)22(17(14)24)9-6-10-27-5/h7-8,11-12H,6,9-10H2,1-5H3,(H,21,23)/t12-/m0/s1. The van der Waals surface area contributed by atoms with Crippen LogP contribution in [0.4, 0.5) is 0 Å². The minimum Gasteiger partial charge on any atom is -0.449 e. The molecule has 1 aromatic carbocycles. The minimum absolute atomic E-state index is 0.106. The number of nitrogens with zero attached hydrogens (tertiary/aromatic N) is 1.